The average Bonchev–Trinajstić information content (AvgIpc) is 2.86. The van der Waals surface area contributed by atoms with E-state index in [9.17, 15) is 14.7 Å². The predicted molar refractivity (Wildman–Crippen MR) is 159 cm³/mol. The first kappa shape index (κ1) is 28.5. The van der Waals surface area contributed by atoms with Crippen LogP contribution in [0.2, 0.25) is 0 Å². The SMILES string of the molecule is CCC(C)=CSC(=C(C)C)c1ccc(CNC(=O)CCC(O)CN(C)C(=O)CC23CC4CC5CC(C2)C543)cc1. The maximum atomic E-state index is 13.0. The Hall–Kier alpha value is -2.05. The third-order valence-electron chi connectivity index (χ3n) is 10.6. The molecule has 3 atom stereocenters. The van der Waals surface area contributed by atoms with Crippen LogP contribution in [0.25, 0.3) is 4.91 Å². The molecule has 5 nitrogen and oxygen atoms in total. The number of aliphatic hydroxyl groups excluding tert-OH is 1. The van der Waals surface area contributed by atoms with E-state index in [4.69, 9.17) is 0 Å². The van der Waals surface area contributed by atoms with E-state index < -0.39 is 6.10 Å². The number of aliphatic hydroxyl groups is 1. The van der Waals surface area contributed by atoms with E-state index in [0.717, 1.165) is 29.7 Å². The van der Waals surface area contributed by atoms with Gasteiger partial charge in [0.25, 0.3) is 0 Å². The van der Waals surface area contributed by atoms with E-state index in [-0.39, 0.29) is 23.7 Å². The fourth-order valence-electron chi connectivity index (χ4n) is 8.47. The summed E-state index contributed by atoms with van der Waals surface area (Å²) in [4.78, 5) is 28.4. The van der Waals surface area contributed by atoms with Crippen molar-refractivity contribution in [1.82, 2.24) is 10.2 Å². The number of benzene rings is 1. The Kier molecular flexibility index (Phi) is 8.09. The second-order valence-corrected chi connectivity index (χ2v) is 13.9. The molecule has 5 rings (SSSR count). The van der Waals surface area contributed by atoms with Gasteiger partial charge in [-0.05, 0) is 104 Å². The van der Waals surface area contributed by atoms with Crippen LogP contribution in [0.1, 0.15) is 90.2 Å². The number of carbonyl (C=O) groups excluding carboxylic acids is 2. The highest BCUT2D eigenvalue weighted by Gasteiger charge is 2.87. The molecule has 1 spiro atoms. The Morgan fingerprint density at radius 2 is 1.79 bits per heavy atom. The van der Waals surface area contributed by atoms with Crippen molar-refractivity contribution in [1.29, 1.82) is 0 Å². The lowest BCUT2D eigenvalue weighted by atomic mass is 9.13. The largest absolute Gasteiger partial charge is 0.391 e. The van der Waals surface area contributed by atoms with E-state index in [1.165, 1.54) is 47.3 Å². The summed E-state index contributed by atoms with van der Waals surface area (Å²) in [5, 5.41) is 15.7. The number of hydrogen-bond acceptors (Lipinski definition) is 4. The zero-order valence-electron chi connectivity index (χ0n) is 24.4. The average molecular weight is 551 g/mol. The lowest BCUT2D eigenvalue weighted by Gasteiger charge is -2.91. The molecule has 0 bridgehead atoms. The Morgan fingerprint density at radius 3 is 2.36 bits per heavy atom. The van der Waals surface area contributed by atoms with Crippen LogP contribution in [-0.2, 0) is 16.1 Å². The number of likely N-dealkylation sites (N-methyl/N-ethyl adjacent to an activating group) is 1. The number of amides is 2. The van der Waals surface area contributed by atoms with Gasteiger partial charge < -0.3 is 15.3 Å². The van der Waals surface area contributed by atoms with Crippen molar-refractivity contribution in [3.63, 3.8) is 0 Å². The van der Waals surface area contributed by atoms with Gasteiger partial charge in [-0.2, -0.15) is 0 Å². The van der Waals surface area contributed by atoms with Gasteiger partial charge in [0.1, 0.15) is 0 Å². The first-order chi connectivity index (χ1) is 18.6. The van der Waals surface area contributed by atoms with Crippen molar-refractivity contribution >= 4 is 28.5 Å². The molecule has 39 heavy (non-hydrogen) atoms. The van der Waals surface area contributed by atoms with E-state index in [0.29, 0.717) is 31.3 Å². The van der Waals surface area contributed by atoms with Crippen LogP contribution in [-0.4, -0.2) is 41.5 Å². The second kappa shape index (κ2) is 11.1. The molecule has 1 aromatic rings. The monoisotopic (exact) mass is 550 g/mol. The van der Waals surface area contributed by atoms with Gasteiger partial charge in [0.2, 0.25) is 11.8 Å². The van der Waals surface area contributed by atoms with E-state index in [1.54, 1.807) is 23.7 Å². The fraction of sp³-hybridized carbons (Fsp3) is 0.636. The van der Waals surface area contributed by atoms with E-state index in [1.807, 2.05) is 0 Å². The molecule has 1 aromatic carbocycles. The number of hydrogen-bond donors (Lipinski definition) is 2. The molecule has 4 fully saturated rings. The molecule has 212 valence electrons. The molecule has 6 heteroatoms. The van der Waals surface area contributed by atoms with Crippen molar-refractivity contribution in [2.75, 3.05) is 13.6 Å². The lowest BCUT2D eigenvalue weighted by Crippen LogP contribution is -2.85. The van der Waals surface area contributed by atoms with Crippen LogP contribution in [0.5, 0.6) is 0 Å². The highest BCUT2D eigenvalue weighted by Crippen LogP contribution is 2.93. The number of rotatable bonds is 13. The molecule has 4 aliphatic carbocycles. The summed E-state index contributed by atoms with van der Waals surface area (Å²) >= 11 is 1.77. The molecule has 2 N–H and O–H groups in total. The van der Waals surface area contributed by atoms with Crippen molar-refractivity contribution < 1.29 is 14.7 Å². The molecule has 2 amide bonds. The molecule has 0 aliphatic heterocycles. The van der Waals surface area contributed by atoms with Gasteiger partial charge in [0.05, 0.1) is 6.10 Å². The molecular weight excluding hydrogens is 504 g/mol. The number of carbonyl (C=O) groups is 2. The molecule has 4 aliphatic rings. The number of thioether (sulfide) groups is 1. The molecular formula is C33H46N2O3S. The van der Waals surface area contributed by atoms with Gasteiger partial charge in [0.15, 0.2) is 0 Å². The van der Waals surface area contributed by atoms with Gasteiger partial charge in [-0.15, -0.1) is 0 Å². The van der Waals surface area contributed by atoms with Gasteiger partial charge in [-0.1, -0.05) is 54.1 Å². The number of allylic oxidation sites excluding steroid dienone is 2. The Morgan fingerprint density at radius 1 is 1.13 bits per heavy atom. The highest BCUT2D eigenvalue weighted by molar-refractivity contribution is 8.11. The normalized spacial score (nSPS) is 30.3. The fourth-order valence-corrected chi connectivity index (χ4v) is 9.47. The lowest BCUT2D eigenvalue weighted by molar-refractivity contribution is -0.430. The van der Waals surface area contributed by atoms with Crippen LogP contribution >= 0.6 is 11.8 Å². The van der Waals surface area contributed by atoms with Gasteiger partial charge in [-0.3, -0.25) is 9.59 Å². The topological polar surface area (TPSA) is 69.6 Å². The summed E-state index contributed by atoms with van der Waals surface area (Å²) in [7, 11) is 1.80. The van der Waals surface area contributed by atoms with Crippen molar-refractivity contribution in [2.24, 2.45) is 28.6 Å². The molecule has 0 radical (unpaired) electrons. The van der Waals surface area contributed by atoms with E-state index >= 15 is 0 Å². The van der Waals surface area contributed by atoms with Crippen molar-refractivity contribution in [2.45, 2.75) is 91.7 Å². The van der Waals surface area contributed by atoms with Crippen molar-refractivity contribution in [3.8, 4) is 0 Å². The number of nitrogens with one attached hydrogen (secondary N) is 1. The Bertz CT molecular complexity index is 1140. The third-order valence-corrected chi connectivity index (χ3v) is 12.0. The molecule has 0 saturated heterocycles. The van der Waals surface area contributed by atoms with Crippen LogP contribution in [0.15, 0.2) is 40.8 Å². The van der Waals surface area contributed by atoms with Gasteiger partial charge in [-0.25, -0.2) is 0 Å². The summed E-state index contributed by atoms with van der Waals surface area (Å²) in [5.41, 5.74) is 5.72. The van der Waals surface area contributed by atoms with Crippen LogP contribution in [0.4, 0.5) is 0 Å². The third kappa shape index (κ3) is 5.01. The molecule has 4 saturated carbocycles. The minimum atomic E-state index is -0.687. The maximum Gasteiger partial charge on any atom is 0.222 e. The molecule has 0 aromatic heterocycles. The maximum absolute atomic E-state index is 13.0. The van der Waals surface area contributed by atoms with Crippen LogP contribution in [0.3, 0.4) is 0 Å². The zero-order valence-corrected chi connectivity index (χ0v) is 25.2. The Labute approximate surface area is 238 Å². The first-order valence-electron chi connectivity index (χ1n) is 14.9. The zero-order chi connectivity index (χ0) is 27.9. The highest BCUT2D eigenvalue weighted by atomic mass is 32.2. The summed E-state index contributed by atoms with van der Waals surface area (Å²) in [6.07, 6.45) is 6.93. The summed E-state index contributed by atoms with van der Waals surface area (Å²) < 4.78 is 0. The molecule has 0 heterocycles. The Balaban J connectivity index is 1.01. The minimum Gasteiger partial charge on any atom is -0.391 e. The second-order valence-electron chi connectivity index (χ2n) is 13.1. The summed E-state index contributed by atoms with van der Waals surface area (Å²) in [6, 6.07) is 8.36. The van der Waals surface area contributed by atoms with Crippen molar-refractivity contribution in [3.05, 3.63) is 51.9 Å². The van der Waals surface area contributed by atoms with Crippen LogP contribution in [0, 0.1) is 28.6 Å². The number of nitrogens with zero attached hydrogens (tertiary/aromatic N) is 1. The van der Waals surface area contributed by atoms with Gasteiger partial charge in [0, 0.05) is 37.9 Å². The standard InChI is InChI=1S/C33H46N2O3S/c1-6-22(4)20-39-31(21(2)3)24-9-7-23(8-10-24)18-34-29(37)12-11-28(36)19-35(5)30(38)17-32-15-26-13-25-14-27(16-32)33(25,26)32/h7-10,20,25-28,36H,6,11-19H2,1-5H3,(H,34,37). The summed E-state index contributed by atoms with van der Waals surface area (Å²) in [5.74, 6) is 2.80. The summed E-state index contributed by atoms with van der Waals surface area (Å²) in [6.45, 7) is 9.35. The smallest absolute Gasteiger partial charge is 0.222 e. The van der Waals surface area contributed by atoms with Crippen LogP contribution < -0.4 is 5.32 Å². The van der Waals surface area contributed by atoms with Gasteiger partial charge >= 0.3 is 0 Å². The quantitative estimate of drug-likeness (QED) is 0.293. The predicted octanol–water partition coefficient (Wildman–Crippen LogP) is 6.53. The van der Waals surface area contributed by atoms with E-state index in [2.05, 4.69) is 62.7 Å². The minimum absolute atomic E-state index is 0.0761. The molecule has 3 unspecified atom stereocenters. The first-order valence-corrected chi connectivity index (χ1v) is 15.8.